The maximum atomic E-state index is 11.4. The molecule has 0 spiro atoms. The Kier molecular flexibility index (Phi) is 9.26. The smallest absolute Gasteiger partial charge is 0.144 e. The van der Waals surface area contributed by atoms with Crippen LogP contribution in [0.3, 0.4) is 0 Å². The zero-order chi connectivity index (χ0) is 11.5. The minimum Gasteiger partial charge on any atom is -0.380 e. The summed E-state index contributed by atoms with van der Waals surface area (Å²) in [5.74, 6) is -0.173. The molecule has 5 heteroatoms. The summed E-state index contributed by atoms with van der Waals surface area (Å²) >= 11 is 0. The number of ketones is 1. The van der Waals surface area contributed by atoms with Crippen LogP contribution in [0.25, 0.3) is 0 Å². The molecule has 15 heavy (non-hydrogen) atoms. The van der Waals surface area contributed by atoms with Crippen LogP contribution in [0.15, 0.2) is 0 Å². The molecule has 0 saturated heterocycles. The van der Waals surface area contributed by atoms with Gasteiger partial charge in [0.25, 0.3) is 0 Å². The molecular weight excluding hydrogens is 196 g/mol. The van der Waals surface area contributed by atoms with Crippen LogP contribution in [0.4, 0.5) is 0 Å². The first kappa shape index (κ1) is 14.2. The average Bonchev–Trinajstić information content (AvgIpc) is 2.23. The lowest BCUT2D eigenvalue weighted by atomic mass is 9.99. The van der Waals surface area contributed by atoms with Crippen molar-refractivity contribution in [3.8, 4) is 0 Å². The molecule has 0 aliphatic heterocycles. The number of nitrogens with two attached hydrogens (primary N) is 1. The normalized spacial score (nSPS) is 12.4. The molecule has 0 fully saturated rings. The van der Waals surface area contributed by atoms with E-state index >= 15 is 0 Å². The molecule has 1 atom stereocenters. The summed E-state index contributed by atoms with van der Waals surface area (Å²) < 4.78 is 5.19. The molecule has 0 aromatic rings. The van der Waals surface area contributed by atoms with Gasteiger partial charge in [0, 0.05) is 25.6 Å². The van der Waals surface area contributed by atoms with Gasteiger partial charge in [-0.2, -0.15) is 0 Å². The van der Waals surface area contributed by atoms with Gasteiger partial charge in [-0.3, -0.25) is 4.79 Å². The Morgan fingerprint density at radius 2 is 2.27 bits per heavy atom. The Morgan fingerprint density at radius 3 is 2.80 bits per heavy atom. The first-order valence-corrected chi connectivity index (χ1v) is 5.15. The predicted molar refractivity (Wildman–Crippen MR) is 57.6 cm³/mol. The summed E-state index contributed by atoms with van der Waals surface area (Å²) in [6.45, 7) is 2.08. The van der Waals surface area contributed by atoms with Crippen molar-refractivity contribution in [2.45, 2.75) is 12.8 Å². The van der Waals surface area contributed by atoms with E-state index in [1.807, 2.05) is 0 Å². The number of Topliss-reactive ketones (excluding diaryl/α,β-unsaturated/α-hetero) is 1. The average molecular weight is 216 g/mol. The van der Waals surface area contributed by atoms with Crippen LogP contribution >= 0.6 is 0 Å². The van der Waals surface area contributed by atoms with Crippen molar-refractivity contribution >= 4 is 12.1 Å². The number of rotatable bonds is 10. The number of carbonyl (C=O) groups excluding carboxylic acids is 2. The third-order valence-corrected chi connectivity index (χ3v) is 2.06. The van der Waals surface area contributed by atoms with E-state index in [0.29, 0.717) is 39.0 Å². The van der Waals surface area contributed by atoms with Crippen molar-refractivity contribution in [1.82, 2.24) is 5.32 Å². The molecule has 1 unspecified atom stereocenters. The highest BCUT2D eigenvalue weighted by molar-refractivity contribution is 5.91. The van der Waals surface area contributed by atoms with Gasteiger partial charge in [0.05, 0.1) is 13.0 Å². The minimum absolute atomic E-state index is 0.0107. The van der Waals surface area contributed by atoms with Crippen molar-refractivity contribution < 1.29 is 14.3 Å². The van der Waals surface area contributed by atoms with E-state index in [0.717, 1.165) is 0 Å². The largest absolute Gasteiger partial charge is 0.380 e. The summed E-state index contributed by atoms with van der Waals surface area (Å²) in [7, 11) is 1.78. The summed E-state index contributed by atoms with van der Waals surface area (Å²) in [5, 5.41) is 2.93. The fraction of sp³-hybridized carbons (Fsp3) is 0.800. The second-order valence-electron chi connectivity index (χ2n) is 3.28. The minimum atomic E-state index is -0.141. The number of ether oxygens (including phenoxy) is 1. The number of carbonyl (C=O) groups is 2. The summed E-state index contributed by atoms with van der Waals surface area (Å²) in [6.07, 6.45) is 1.27. The fourth-order valence-electron chi connectivity index (χ4n) is 1.28. The van der Waals surface area contributed by atoms with E-state index in [1.54, 1.807) is 7.05 Å². The van der Waals surface area contributed by atoms with Crippen molar-refractivity contribution in [1.29, 1.82) is 0 Å². The fourth-order valence-corrected chi connectivity index (χ4v) is 1.28. The van der Waals surface area contributed by atoms with Crippen molar-refractivity contribution in [2.24, 2.45) is 11.7 Å². The summed E-state index contributed by atoms with van der Waals surface area (Å²) in [6, 6.07) is 0. The molecule has 0 aromatic carbocycles. The quantitative estimate of drug-likeness (QED) is 0.288. The van der Waals surface area contributed by atoms with Crippen LogP contribution in [0.5, 0.6) is 0 Å². The standard InChI is InChI=1S/C10H20N2O3/c1-12-8-9(10(14)2-5-13)3-6-15-7-4-11/h5,9,12H,2-4,6-8,11H2,1H3. The van der Waals surface area contributed by atoms with E-state index in [9.17, 15) is 9.59 Å². The third-order valence-electron chi connectivity index (χ3n) is 2.06. The van der Waals surface area contributed by atoms with E-state index < -0.39 is 0 Å². The van der Waals surface area contributed by atoms with Crippen molar-refractivity contribution in [2.75, 3.05) is 33.4 Å². The number of aldehydes is 1. The van der Waals surface area contributed by atoms with Crippen LogP contribution in [-0.2, 0) is 14.3 Å². The Balaban J connectivity index is 3.81. The molecule has 0 rings (SSSR count). The zero-order valence-electron chi connectivity index (χ0n) is 9.20. The molecule has 0 aliphatic carbocycles. The van der Waals surface area contributed by atoms with E-state index in [2.05, 4.69) is 5.32 Å². The molecule has 5 nitrogen and oxygen atoms in total. The second kappa shape index (κ2) is 9.76. The Bertz CT molecular complexity index is 186. The van der Waals surface area contributed by atoms with E-state index in [-0.39, 0.29) is 18.1 Å². The van der Waals surface area contributed by atoms with Gasteiger partial charge in [0.15, 0.2) is 0 Å². The first-order chi connectivity index (χ1) is 7.26. The Labute approximate surface area is 90.4 Å². The molecule has 88 valence electrons. The topological polar surface area (TPSA) is 81.4 Å². The number of hydrogen-bond donors (Lipinski definition) is 2. The van der Waals surface area contributed by atoms with Crippen LogP contribution in [0.1, 0.15) is 12.8 Å². The molecule has 0 heterocycles. The van der Waals surface area contributed by atoms with Gasteiger partial charge in [0.1, 0.15) is 12.1 Å². The highest BCUT2D eigenvalue weighted by atomic mass is 16.5. The number of nitrogens with one attached hydrogen (secondary N) is 1. The molecule has 0 bridgehead atoms. The molecule has 3 N–H and O–H groups in total. The van der Waals surface area contributed by atoms with Gasteiger partial charge in [0.2, 0.25) is 0 Å². The molecule has 0 aliphatic rings. The maximum Gasteiger partial charge on any atom is 0.144 e. The second-order valence-corrected chi connectivity index (χ2v) is 3.28. The van der Waals surface area contributed by atoms with E-state index in [1.165, 1.54) is 0 Å². The molecular formula is C10H20N2O3. The van der Waals surface area contributed by atoms with Crippen molar-refractivity contribution in [3.05, 3.63) is 0 Å². The molecule has 0 amide bonds. The van der Waals surface area contributed by atoms with Gasteiger partial charge in [-0.1, -0.05) is 0 Å². The molecule has 0 aromatic heterocycles. The highest BCUT2D eigenvalue weighted by Gasteiger charge is 2.16. The Morgan fingerprint density at radius 1 is 1.53 bits per heavy atom. The van der Waals surface area contributed by atoms with Crippen LogP contribution < -0.4 is 11.1 Å². The van der Waals surface area contributed by atoms with Gasteiger partial charge in [-0.15, -0.1) is 0 Å². The zero-order valence-corrected chi connectivity index (χ0v) is 9.20. The van der Waals surface area contributed by atoms with Crippen LogP contribution in [0.2, 0.25) is 0 Å². The molecule has 0 radical (unpaired) electrons. The van der Waals surface area contributed by atoms with E-state index in [4.69, 9.17) is 10.5 Å². The molecule has 0 saturated carbocycles. The maximum absolute atomic E-state index is 11.4. The van der Waals surface area contributed by atoms with Gasteiger partial charge in [-0.05, 0) is 13.5 Å². The number of hydrogen-bond acceptors (Lipinski definition) is 5. The SMILES string of the molecule is CNCC(CCOCCN)C(=O)CC=O. The van der Waals surface area contributed by atoms with Gasteiger partial charge in [-0.25, -0.2) is 0 Å². The monoisotopic (exact) mass is 216 g/mol. The lowest BCUT2D eigenvalue weighted by Crippen LogP contribution is -2.28. The first-order valence-electron chi connectivity index (χ1n) is 5.15. The summed E-state index contributed by atoms with van der Waals surface area (Å²) in [5.41, 5.74) is 5.26. The van der Waals surface area contributed by atoms with Crippen molar-refractivity contribution in [3.63, 3.8) is 0 Å². The van der Waals surface area contributed by atoms with Crippen LogP contribution in [-0.4, -0.2) is 45.4 Å². The Hall–Kier alpha value is -0.780. The van der Waals surface area contributed by atoms with Crippen LogP contribution in [0, 0.1) is 5.92 Å². The van der Waals surface area contributed by atoms with Gasteiger partial charge >= 0.3 is 0 Å². The highest BCUT2D eigenvalue weighted by Crippen LogP contribution is 2.05. The summed E-state index contributed by atoms with van der Waals surface area (Å²) in [4.78, 5) is 21.7. The van der Waals surface area contributed by atoms with Gasteiger partial charge < -0.3 is 20.6 Å². The lowest BCUT2D eigenvalue weighted by Gasteiger charge is -2.13. The lowest BCUT2D eigenvalue weighted by molar-refractivity contribution is -0.125. The third kappa shape index (κ3) is 7.18. The predicted octanol–water partition coefficient (Wildman–Crippen LogP) is -0.654.